The van der Waals surface area contributed by atoms with Gasteiger partial charge in [-0.2, -0.15) is 0 Å². The highest BCUT2D eigenvalue weighted by atomic mass is 79.9. The smallest absolute Gasteiger partial charge is 0.141 e. The third-order valence-electron chi connectivity index (χ3n) is 2.40. The molecule has 0 aromatic carbocycles. The van der Waals surface area contributed by atoms with Gasteiger partial charge in [-0.1, -0.05) is 5.16 Å². The number of nitrogens with zero attached hydrogens (tertiary/aromatic N) is 2. The topological polar surface area (TPSA) is 56.0 Å². The highest BCUT2D eigenvalue weighted by molar-refractivity contribution is 9.10. The van der Waals surface area contributed by atoms with Crippen LogP contribution in [0.3, 0.4) is 0 Å². The highest BCUT2D eigenvalue weighted by Crippen LogP contribution is 2.22. The normalized spacial score (nSPS) is 12.6. The van der Waals surface area contributed by atoms with Crippen molar-refractivity contribution in [2.24, 2.45) is 0 Å². The van der Waals surface area contributed by atoms with Gasteiger partial charge in [0.05, 0.1) is 26.7 Å². The Labute approximate surface area is 110 Å². The van der Waals surface area contributed by atoms with E-state index in [9.17, 15) is 4.21 Å². The summed E-state index contributed by atoms with van der Waals surface area (Å²) in [5.74, 6) is 1.08. The van der Waals surface area contributed by atoms with Gasteiger partial charge in [-0.05, 0) is 41.9 Å². The first-order valence-electron chi connectivity index (χ1n) is 5.00. The molecule has 17 heavy (non-hydrogen) atoms. The number of hydrogen-bond acceptors (Lipinski definition) is 4. The van der Waals surface area contributed by atoms with Crippen molar-refractivity contribution < 1.29 is 8.73 Å². The van der Waals surface area contributed by atoms with E-state index in [2.05, 4.69) is 26.1 Å². The van der Waals surface area contributed by atoms with Gasteiger partial charge in [0.15, 0.2) is 0 Å². The van der Waals surface area contributed by atoms with Crippen molar-refractivity contribution in [3.8, 4) is 0 Å². The van der Waals surface area contributed by atoms with Crippen molar-refractivity contribution in [2.75, 3.05) is 0 Å². The first-order valence-corrected chi connectivity index (χ1v) is 7.11. The molecule has 90 valence electrons. The van der Waals surface area contributed by atoms with E-state index in [0.29, 0.717) is 16.5 Å². The van der Waals surface area contributed by atoms with E-state index in [0.717, 1.165) is 15.7 Å². The Kier molecular flexibility index (Phi) is 3.73. The Morgan fingerprint density at radius 1 is 1.47 bits per heavy atom. The predicted molar refractivity (Wildman–Crippen MR) is 68.0 cm³/mol. The van der Waals surface area contributed by atoms with Crippen LogP contribution in [0.4, 0.5) is 0 Å². The minimum absolute atomic E-state index is 0.372. The Balaban J connectivity index is 2.27. The van der Waals surface area contributed by atoms with E-state index in [4.69, 9.17) is 4.52 Å². The maximum Gasteiger partial charge on any atom is 0.141 e. The molecule has 0 unspecified atom stereocenters. The maximum atomic E-state index is 12.2. The molecular weight excluding hydrogens is 304 g/mol. The van der Waals surface area contributed by atoms with Crippen LogP contribution in [0.2, 0.25) is 0 Å². The SMILES string of the molecule is Cc1noc(C)c1C[S@@](=O)c1ncccc1Br. The van der Waals surface area contributed by atoms with Gasteiger partial charge in [0.25, 0.3) is 0 Å². The maximum absolute atomic E-state index is 12.2. The van der Waals surface area contributed by atoms with E-state index in [-0.39, 0.29) is 0 Å². The second kappa shape index (κ2) is 5.10. The average Bonchev–Trinajstić information content (AvgIpc) is 2.61. The van der Waals surface area contributed by atoms with Crippen molar-refractivity contribution in [3.05, 3.63) is 39.8 Å². The summed E-state index contributed by atoms with van der Waals surface area (Å²) in [5.41, 5.74) is 1.67. The Hall–Kier alpha value is -1.01. The molecule has 4 nitrogen and oxygen atoms in total. The molecule has 0 saturated carbocycles. The zero-order valence-electron chi connectivity index (χ0n) is 9.44. The molecular formula is C11H11BrN2O2S. The summed E-state index contributed by atoms with van der Waals surface area (Å²) < 4.78 is 18.0. The Morgan fingerprint density at radius 3 is 2.82 bits per heavy atom. The fourth-order valence-corrected chi connectivity index (χ4v) is 3.52. The van der Waals surface area contributed by atoms with Gasteiger partial charge in [0.2, 0.25) is 0 Å². The number of aryl methyl sites for hydroxylation is 2. The summed E-state index contributed by atoms with van der Waals surface area (Å²) in [6.45, 7) is 3.66. The molecule has 0 radical (unpaired) electrons. The zero-order valence-corrected chi connectivity index (χ0v) is 11.8. The Morgan fingerprint density at radius 2 is 2.24 bits per heavy atom. The lowest BCUT2D eigenvalue weighted by molar-refractivity contribution is 0.392. The second-order valence-electron chi connectivity index (χ2n) is 3.58. The van der Waals surface area contributed by atoms with Gasteiger partial charge in [0.1, 0.15) is 10.8 Å². The van der Waals surface area contributed by atoms with Gasteiger partial charge in [0, 0.05) is 11.8 Å². The molecule has 0 fully saturated rings. The summed E-state index contributed by atoms with van der Waals surface area (Å²) in [5, 5.41) is 4.39. The molecule has 0 amide bonds. The minimum atomic E-state index is -1.20. The van der Waals surface area contributed by atoms with Crippen molar-refractivity contribution in [1.29, 1.82) is 0 Å². The fraction of sp³-hybridized carbons (Fsp3) is 0.273. The van der Waals surface area contributed by atoms with Crippen LogP contribution in [-0.2, 0) is 16.6 Å². The van der Waals surface area contributed by atoms with E-state index in [1.807, 2.05) is 19.9 Å². The largest absolute Gasteiger partial charge is 0.361 e. The van der Waals surface area contributed by atoms with Crippen molar-refractivity contribution in [1.82, 2.24) is 10.1 Å². The molecule has 0 aliphatic carbocycles. The van der Waals surface area contributed by atoms with Crippen LogP contribution < -0.4 is 0 Å². The summed E-state index contributed by atoms with van der Waals surface area (Å²) in [6.07, 6.45) is 1.63. The molecule has 0 saturated heterocycles. The van der Waals surface area contributed by atoms with Crippen LogP contribution in [-0.4, -0.2) is 14.3 Å². The molecule has 2 heterocycles. The minimum Gasteiger partial charge on any atom is -0.361 e. The van der Waals surface area contributed by atoms with E-state index < -0.39 is 10.8 Å². The number of aromatic nitrogens is 2. The molecule has 2 aromatic heterocycles. The standard InChI is InChI=1S/C11H11BrN2O2S/c1-7-9(8(2)16-14-7)6-17(15)11-10(12)4-3-5-13-11/h3-5H,6H2,1-2H3/t17-/m1/s1. The van der Waals surface area contributed by atoms with Gasteiger partial charge < -0.3 is 4.52 Å². The monoisotopic (exact) mass is 314 g/mol. The van der Waals surface area contributed by atoms with Gasteiger partial charge in [-0.3, -0.25) is 4.21 Å². The van der Waals surface area contributed by atoms with Crippen molar-refractivity contribution in [2.45, 2.75) is 24.6 Å². The van der Waals surface area contributed by atoms with Crippen molar-refractivity contribution in [3.63, 3.8) is 0 Å². The van der Waals surface area contributed by atoms with Gasteiger partial charge in [-0.15, -0.1) is 0 Å². The molecule has 0 N–H and O–H groups in total. The van der Waals surface area contributed by atoms with Crippen LogP contribution in [0, 0.1) is 13.8 Å². The third kappa shape index (κ3) is 2.63. The number of pyridine rings is 1. The summed E-state index contributed by atoms with van der Waals surface area (Å²) in [6, 6.07) is 3.62. The highest BCUT2D eigenvalue weighted by Gasteiger charge is 2.16. The van der Waals surface area contributed by atoms with Crippen LogP contribution in [0.25, 0.3) is 0 Å². The number of hydrogen-bond donors (Lipinski definition) is 0. The number of halogens is 1. The molecule has 0 aliphatic rings. The molecule has 0 bridgehead atoms. The van der Waals surface area contributed by atoms with Crippen LogP contribution in [0.5, 0.6) is 0 Å². The van der Waals surface area contributed by atoms with E-state index in [1.165, 1.54) is 0 Å². The second-order valence-corrected chi connectivity index (χ2v) is 5.80. The lowest BCUT2D eigenvalue weighted by atomic mass is 10.2. The summed E-state index contributed by atoms with van der Waals surface area (Å²) >= 11 is 3.34. The third-order valence-corrected chi connectivity index (χ3v) is 4.61. The lowest BCUT2D eigenvalue weighted by Crippen LogP contribution is -2.01. The van der Waals surface area contributed by atoms with Crippen LogP contribution in [0.1, 0.15) is 17.0 Å². The molecule has 0 aliphatic heterocycles. The number of rotatable bonds is 3. The van der Waals surface area contributed by atoms with Gasteiger partial charge in [-0.25, -0.2) is 4.98 Å². The average molecular weight is 315 g/mol. The molecule has 1 atom stereocenters. The molecule has 2 rings (SSSR count). The van der Waals surface area contributed by atoms with E-state index >= 15 is 0 Å². The summed E-state index contributed by atoms with van der Waals surface area (Å²) in [7, 11) is -1.20. The van der Waals surface area contributed by atoms with Gasteiger partial charge >= 0.3 is 0 Å². The van der Waals surface area contributed by atoms with Crippen molar-refractivity contribution >= 4 is 26.7 Å². The Bertz CT molecular complexity index is 549. The van der Waals surface area contributed by atoms with Crippen LogP contribution >= 0.6 is 15.9 Å². The lowest BCUT2D eigenvalue weighted by Gasteiger charge is -2.03. The van der Waals surface area contributed by atoms with Crippen LogP contribution in [0.15, 0.2) is 32.4 Å². The van der Waals surface area contributed by atoms with E-state index in [1.54, 1.807) is 12.3 Å². The summed E-state index contributed by atoms with van der Waals surface area (Å²) in [4.78, 5) is 4.12. The quantitative estimate of drug-likeness (QED) is 0.874. The predicted octanol–water partition coefficient (Wildman–Crippen LogP) is 2.76. The molecule has 2 aromatic rings. The fourth-order valence-electron chi connectivity index (χ4n) is 1.45. The first kappa shape index (κ1) is 12.4. The molecule has 6 heteroatoms. The molecule has 0 spiro atoms. The first-order chi connectivity index (χ1) is 8.09. The zero-order chi connectivity index (χ0) is 12.4.